The highest BCUT2D eigenvalue weighted by Gasteiger charge is 2.27. The molecule has 1 N–H and O–H groups in total. The average Bonchev–Trinajstić information content (AvgIpc) is 2.77. The minimum absolute atomic E-state index is 0.0259. The summed E-state index contributed by atoms with van der Waals surface area (Å²) in [6, 6.07) is 5.09. The van der Waals surface area contributed by atoms with E-state index in [2.05, 4.69) is 5.32 Å². The number of pyridine rings is 1. The van der Waals surface area contributed by atoms with Gasteiger partial charge in [0.15, 0.2) is 17.7 Å². The van der Waals surface area contributed by atoms with Crippen molar-refractivity contribution in [2.45, 2.75) is 25.8 Å². The van der Waals surface area contributed by atoms with E-state index in [1.165, 1.54) is 56.4 Å². The van der Waals surface area contributed by atoms with Gasteiger partial charge in [0.2, 0.25) is 5.43 Å². The number of halogens is 1. The van der Waals surface area contributed by atoms with Crippen LogP contribution in [0.25, 0.3) is 0 Å². The number of carbonyl (C=O) groups excluding carboxylic acids is 2. The van der Waals surface area contributed by atoms with Gasteiger partial charge in [-0.05, 0) is 24.6 Å². The number of methoxy groups -OCH3 is 4. The SMILES string of the molecule is COC(=O)c1c(OC)c(=O)c(C(=O)NC(C)c2ccc(F)cc2)cn1CC(OC)OC. The van der Waals surface area contributed by atoms with Gasteiger partial charge in [0, 0.05) is 20.4 Å². The van der Waals surface area contributed by atoms with E-state index in [4.69, 9.17) is 18.9 Å². The zero-order chi connectivity index (χ0) is 23.1. The summed E-state index contributed by atoms with van der Waals surface area (Å²) in [4.78, 5) is 38.1. The lowest BCUT2D eigenvalue weighted by Gasteiger charge is -2.21. The number of amides is 1. The predicted molar refractivity (Wildman–Crippen MR) is 109 cm³/mol. The van der Waals surface area contributed by atoms with Crippen LogP contribution in [0.2, 0.25) is 0 Å². The summed E-state index contributed by atoms with van der Waals surface area (Å²) >= 11 is 0. The highest BCUT2D eigenvalue weighted by Crippen LogP contribution is 2.19. The summed E-state index contributed by atoms with van der Waals surface area (Å²) in [7, 11) is 5.18. The van der Waals surface area contributed by atoms with Crippen LogP contribution in [0.1, 0.15) is 39.4 Å². The number of esters is 1. The first-order valence-corrected chi connectivity index (χ1v) is 9.29. The molecule has 0 aliphatic carbocycles. The molecule has 10 heteroatoms. The molecular weight excluding hydrogens is 411 g/mol. The molecule has 1 aromatic heterocycles. The molecule has 0 saturated heterocycles. The quantitative estimate of drug-likeness (QED) is 0.473. The lowest BCUT2D eigenvalue weighted by molar-refractivity contribution is -0.111. The van der Waals surface area contributed by atoms with Gasteiger partial charge in [0.1, 0.15) is 11.4 Å². The molecule has 0 bridgehead atoms. The highest BCUT2D eigenvalue weighted by atomic mass is 19.1. The molecule has 1 aromatic carbocycles. The Morgan fingerprint density at radius 3 is 2.23 bits per heavy atom. The van der Waals surface area contributed by atoms with Crippen molar-refractivity contribution < 1.29 is 32.9 Å². The van der Waals surface area contributed by atoms with Crippen LogP contribution in [0, 0.1) is 5.82 Å². The number of nitrogens with zero attached hydrogens (tertiary/aromatic N) is 1. The van der Waals surface area contributed by atoms with Crippen molar-refractivity contribution in [2.75, 3.05) is 28.4 Å². The lowest BCUT2D eigenvalue weighted by Crippen LogP contribution is -2.34. The van der Waals surface area contributed by atoms with Crippen LogP contribution in [0.15, 0.2) is 35.3 Å². The Bertz CT molecular complexity index is 984. The van der Waals surface area contributed by atoms with E-state index in [0.29, 0.717) is 5.56 Å². The molecule has 0 aliphatic heterocycles. The van der Waals surface area contributed by atoms with Crippen LogP contribution in [0.3, 0.4) is 0 Å². The first-order valence-electron chi connectivity index (χ1n) is 9.29. The molecule has 1 unspecified atom stereocenters. The van der Waals surface area contributed by atoms with Crippen LogP contribution in [-0.4, -0.2) is 51.2 Å². The monoisotopic (exact) mass is 436 g/mol. The third-order valence-corrected chi connectivity index (χ3v) is 4.65. The van der Waals surface area contributed by atoms with Crippen LogP contribution in [0.5, 0.6) is 5.75 Å². The second kappa shape index (κ2) is 10.7. The first kappa shape index (κ1) is 24.0. The third kappa shape index (κ3) is 5.47. The summed E-state index contributed by atoms with van der Waals surface area (Å²) in [5, 5.41) is 2.69. The second-order valence-corrected chi connectivity index (χ2v) is 6.55. The maximum Gasteiger partial charge on any atom is 0.358 e. The maximum atomic E-state index is 13.1. The Hall–Kier alpha value is -3.24. The molecule has 1 atom stereocenters. The van der Waals surface area contributed by atoms with Crippen molar-refractivity contribution in [1.29, 1.82) is 0 Å². The Morgan fingerprint density at radius 2 is 1.71 bits per heavy atom. The number of aromatic nitrogens is 1. The molecule has 0 aliphatic rings. The van der Waals surface area contributed by atoms with Gasteiger partial charge in [-0.25, -0.2) is 9.18 Å². The van der Waals surface area contributed by atoms with E-state index in [9.17, 15) is 18.8 Å². The van der Waals surface area contributed by atoms with E-state index in [-0.39, 0.29) is 23.6 Å². The first-order chi connectivity index (χ1) is 14.8. The number of hydrogen-bond donors (Lipinski definition) is 1. The molecule has 0 spiro atoms. The molecule has 9 nitrogen and oxygen atoms in total. The van der Waals surface area contributed by atoms with Gasteiger partial charge in [0.05, 0.1) is 26.8 Å². The summed E-state index contributed by atoms with van der Waals surface area (Å²) in [6.07, 6.45) is 0.444. The Kier molecular flexibility index (Phi) is 8.29. The van der Waals surface area contributed by atoms with Crippen molar-refractivity contribution in [1.82, 2.24) is 9.88 Å². The highest BCUT2D eigenvalue weighted by molar-refractivity contribution is 5.97. The van der Waals surface area contributed by atoms with Gasteiger partial charge in [-0.15, -0.1) is 0 Å². The lowest BCUT2D eigenvalue weighted by atomic mass is 10.1. The zero-order valence-electron chi connectivity index (χ0n) is 17.9. The van der Waals surface area contributed by atoms with Gasteiger partial charge in [-0.1, -0.05) is 12.1 Å². The smallest absolute Gasteiger partial charge is 0.358 e. The number of rotatable bonds is 9. The molecule has 0 fully saturated rings. The fourth-order valence-electron chi connectivity index (χ4n) is 2.96. The number of benzene rings is 1. The number of hydrogen-bond acceptors (Lipinski definition) is 7. The van der Waals surface area contributed by atoms with Crippen LogP contribution in [0.4, 0.5) is 4.39 Å². The van der Waals surface area contributed by atoms with Gasteiger partial charge in [0.25, 0.3) is 5.91 Å². The predicted octanol–water partition coefficient (Wildman–Crippen LogP) is 1.89. The fourth-order valence-corrected chi connectivity index (χ4v) is 2.96. The van der Waals surface area contributed by atoms with Crippen molar-refractivity contribution in [2.24, 2.45) is 0 Å². The minimum Gasteiger partial charge on any atom is -0.491 e. The maximum absolute atomic E-state index is 13.1. The summed E-state index contributed by atoms with van der Waals surface area (Å²) in [5.74, 6) is -2.28. The van der Waals surface area contributed by atoms with Crippen molar-refractivity contribution in [3.05, 3.63) is 63.3 Å². The molecule has 31 heavy (non-hydrogen) atoms. The topological polar surface area (TPSA) is 105 Å². The third-order valence-electron chi connectivity index (χ3n) is 4.65. The molecule has 1 amide bonds. The minimum atomic E-state index is -0.827. The average molecular weight is 436 g/mol. The zero-order valence-corrected chi connectivity index (χ0v) is 17.9. The van der Waals surface area contributed by atoms with Gasteiger partial charge in [-0.2, -0.15) is 0 Å². The summed E-state index contributed by atoms with van der Waals surface area (Å²) in [6.45, 7) is 1.66. The number of carbonyl (C=O) groups is 2. The number of nitrogens with one attached hydrogen (secondary N) is 1. The molecule has 168 valence electrons. The van der Waals surface area contributed by atoms with E-state index in [0.717, 1.165) is 7.11 Å². The summed E-state index contributed by atoms with van der Waals surface area (Å²) < 4.78 is 34.7. The Morgan fingerprint density at radius 1 is 1.10 bits per heavy atom. The van der Waals surface area contributed by atoms with E-state index < -0.39 is 35.5 Å². The molecule has 2 aromatic rings. The van der Waals surface area contributed by atoms with Gasteiger partial charge in [-0.3, -0.25) is 9.59 Å². The standard InChI is InChI=1S/C21H25FN2O7/c1-12(13-6-8-14(22)9-7-13)23-20(26)15-10-24(11-16(28-2)29-3)17(21(27)31-5)19(30-4)18(15)25/h6-10,12,16H,11H2,1-5H3,(H,23,26). The Labute approximate surface area is 178 Å². The fraction of sp³-hybridized carbons (Fsp3) is 0.381. The molecule has 1 heterocycles. The van der Waals surface area contributed by atoms with E-state index >= 15 is 0 Å². The van der Waals surface area contributed by atoms with E-state index in [1.807, 2.05) is 0 Å². The van der Waals surface area contributed by atoms with Crippen LogP contribution in [-0.2, 0) is 20.8 Å². The molecule has 0 saturated carbocycles. The number of ether oxygens (including phenoxy) is 4. The van der Waals surface area contributed by atoms with Gasteiger partial charge >= 0.3 is 5.97 Å². The second-order valence-electron chi connectivity index (χ2n) is 6.55. The van der Waals surface area contributed by atoms with Crippen LogP contribution >= 0.6 is 0 Å². The van der Waals surface area contributed by atoms with E-state index in [1.54, 1.807) is 6.92 Å². The molecular formula is C21H25FN2O7. The van der Waals surface area contributed by atoms with Crippen molar-refractivity contribution in [3.63, 3.8) is 0 Å². The summed E-state index contributed by atoms with van der Waals surface area (Å²) in [5.41, 5.74) is -0.581. The normalized spacial score (nSPS) is 11.8. The van der Waals surface area contributed by atoms with Gasteiger partial charge < -0.3 is 28.8 Å². The van der Waals surface area contributed by atoms with Crippen molar-refractivity contribution >= 4 is 11.9 Å². The van der Waals surface area contributed by atoms with Crippen LogP contribution < -0.4 is 15.5 Å². The van der Waals surface area contributed by atoms with Crippen molar-refractivity contribution in [3.8, 4) is 5.75 Å². The Balaban J connectivity index is 2.50. The largest absolute Gasteiger partial charge is 0.491 e. The molecule has 2 rings (SSSR count). The molecule has 0 radical (unpaired) electrons.